The number of hydrogen-bond donors (Lipinski definition) is 2. The number of carboxylic acid groups (broad SMARTS) is 1. The minimum atomic E-state index is -0.631. The number of fused-ring (bicyclic) bond motifs is 4. The van der Waals surface area contributed by atoms with Gasteiger partial charge in [0.2, 0.25) is 0 Å². The Balaban J connectivity index is 1.43. The second kappa shape index (κ2) is 9.75. The van der Waals surface area contributed by atoms with Gasteiger partial charge in [-0.3, -0.25) is 9.69 Å². The van der Waals surface area contributed by atoms with Crippen LogP contribution in [0.3, 0.4) is 0 Å². The summed E-state index contributed by atoms with van der Waals surface area (Å²) in [6.07, 6.45) is 11.1. The van der Waals surface area contributed by atoms with Gasteiger partial charge in [-0.1, -0.05) is 46.1 Å². The van der Waals surface area contributed by atoms with Gasteiger partial charge in [-0.05, 0) is 92.5 Å². The number of carboxylic acids is 1. The summed E-state index contributed by atoms with van der Waals surface area (Å²) < 4.78 is 0. The number of nitrogens with zero attached hydrogens (tertiary/aromatic N) is 1. The average molecular weight is 442 g/mol. The Kier molecular flexibility index (Phi) is 7.19. The second-order valence-corrected chi connectivity index (χ2v) is 11.5. The van der Waals surface area contributed by atoms with Gasteiger partial charge in [0, 0.05) is 18.0 Å². The van der Waals surface area contributed by atoms with E-state index in [0.717, 1.165) is 50.9 Å². The van der Waals surface area contributed by atoms with Crippen LogP contribution in [-0.4, -0.2) is 40.2 Å². The number of phenolic OH excluding ortho intramolecular Hbond substituents is 1. The van der Waals surface area contributed by atoms with Gasteiger partial charge >= 0.3 is 5.97 Å². The van der Waals surface area contributed by atoms with Crippen molar-refractivity contribution < 1.29 is 15.0 Å². The lowest BCUT2D eigenvalue weighted by Gasteiger charge is -2.56. The Morgan fingerprint density at radius 1 is 1.22 bits per heavy atom. The van der Waals surface area contributed by atoms with Crippen molar-refractivity contribution >= 4 is 5.97 Å². The zero-order chi connectivity index (χ0) is 22.9. The van der Waals surface area contributed by atoms with Gasteiger partial charge < -0.3 is 10.2 Å². The maximum atomic E-state index is 11.6. The molecule has 4 rings (SSSR count). The first-order chi connectivity index (χ1) is 15.3. The standard InChI is InChI=1S/C28H43NO3/c1-19(2)15-23(27(31)32)7-5-4-6-12-28-13-14-29(18-21-8-9-21)26(20(28)3)16-22-10-11-24(30)17-25(22)28/h10-11,17,19-21,23,26,30H,4-9,12-16,18H2,1-3H3,(H,31,32)/t20-,23-,26+,28-/m0/s1. The highest BCUT2D eigenvalue weighted by Gasteiger charge is 2.51. The molecule has 3 aliphatic rings. The minimum Gasteiger partial charge on any atom is -0.508 e. The molecule has 0 radical (unpaired) electrons. The number of hydrogen-bond acceptors (Lipinski definition) is 3. The molecule has 1 aromatic carbocycles. The van der Waals surface area contributed by atoms with Crippen LogP contribution in [0.25, 0.3) is 0 Å². The molecule has 2 aliphatic carbocycles. The molecule has 1 saturated carbocycles. The largest absolute Gasteiger partial charge is 0.508 e. The third-order valence-electron chi connectivity index (χ3n) is 8.79. The van der Waals surface area contributed by atoms with Crippen LogP contribution in [0, 0.1) is 23.7 Å². The van der Waals surface area contributed by atoms with Crippen molar-refractivity contribution in [1.29, 1.82) is 0 Å². The molecule has 0 amide bonds. The normalized spacial score (nSPS) is 28.5. The highest BCUT2D eigenvalue weighted by atomic mass is 16.4. The molecule has 0 unspecified atom stereocenters. The molecule has 178 valence electrons. The molecule has 0 spiro atoms. The Morgan fingerprint density at radius 2 is 2.00 bits per heavy atom. The van der Waals surface area contributed by atoms with E-state index < -0.39 is 5.97 Å². The van der Waals surface area contributed by atoms with Crippen LogP contribution in [0.5, 0.6) is 5.75 Å². The van der Waals surface area contributed by atoms with Crippen LogP contribution < -0.4 is 0 Å². The van der Waals surface area contributed by atoms with Gasteiger partial charge in [0.25, 0.3) is 0 Å². The van der Waals surface area contributed by atoms with E-state index >= 15 is 0 Å². The number of piperidine rings is 1. The van der Waals surface area contributed by atoms with E-state index in [-0.39, 0.29) is 11.3 Å². The maximum Gasteiger partial charge on any atom is 0.306 e. The smallest absolute Gasteiger partial charge is 0.306 e. The SMILES string of the molecule is CC(C)C[C@H](CCCCC[C@@]12CCN(CC3CC3)[C@H](Cc3ccc(O)cc31)[C@@H]2C)C(=O)O. The van der Waals surface area contributed by atoms with E-state index in [9.17, 15) is 15.0 Å². The molecule has 2 N–H and O–H groups in total. The van der Waals surface area contributed by atoms with Gasteiger partial charge in [0.1, 0.15) is 5.75 Å². The molecule has 4 heteroatoms. The summed E-state index contributed by atoms with van der Waals surface area (Å²) in [6.45, 7) is 9.12. The molecule has 1 aromatic rings. The van der Waals surface area contributed by atoms with E-state index in [1.807, 2.05) is 6.07 Å². The Bertz CT molecular complexity index is 802. The molecule has 2 bridgehead atoms. The van der Waals surface area contributed by atoms with Crippen LogP contribution in [0.15, 0.2) is 18.2 Å². The highest BCUT2D eigenvalue weighted by molar-refractivity contribution is 5.69. The number of unbranched alkanes of at least 4 members (excludes halogenated alkanes) is 2. The number of likely N-dealkylation sites (tertiary alicyclic amines) is 1. The number of aromatic hydroxyl groups is 1. The Morgan fingerprint density at radius 3 is 2.69 bits per heavy atom. The molecule has 4 nitrogen and oxygen atoms in total. The number of carbonyl (C=O) groups is 1. The van der Waals surface area contributed by atoms with Crippen molar-refractivity contribution in [2.75, 3.05) is 13.1 Å². The lowest BCUT2D eigenvalue weighted by molar-refractivity contribution is -0.142. The van der Waals surface area contributed by atoms with Gasteiger partial charge in [0.15, 0.2) is 0 Å². The van der Waals surface area contributed by atoms with E-state index in [2.05, 4.69) is 37.8 Å². The van der Waals surface area contributed by atoms with E-state index in [4.69, 9.17) is 0 Å². The number of aliphatic carboxylic acids is 1. The van der Waals surface area contributed by atoms with Crippen molar-refractivity contribution in [3.63, 3.8) is 0 Å². The maximum absolute atomic E-state index is 11.6. The number of rotatable bonds is 11. The van der Waals surface area contributed by atoms with Crippen molar-refractivity contribution in [3.8, 4) is 5.75 Å². The molecule has 4 atom stereocenters. The third kappa shape index (κ3) is 5.00. The summed E-state index contributed by atoms with van der Waals surface area (Å²) >= 11 is 0. The summed E-state index contributed by atoms with van der Waals surface area (Å²) in [4.78, 5) is 14.4. The van der Waals surface area contributed by atoms with Crippen molar-refractivity contribution in [3.05, 3.63) is 29.3 Å². The molecule has 1 heterocycles. The molecular weight excluding hydrogens is 398 g/mol. The molecule has 1 aliphatic heterocycles. The Labute approximate surface area is 194 Å². The summed E-state index contributed by atoms with van der Waals surface area (Å²) in [5.41, 5.74) is 2.99. The average Bonchev–Trinajstić information content (AvgIpc) is 3.55. The zero-order valence-corrected chi connectivity index (χ0v) is 20.4. The van der Waals surface area contributed by atoms with E-state index in [1.54, 1.807) is 0 Å². The first-order valence-electron chi connectivity index (χ1n) is 13.1. The number of benzene rings is 1. The summed E-state index contributed by atoms with van der Waals surface area (Å²) in [7, 11) is 0. The second-order valence-electron chi connectivity index (χ2n) is 11.5. The lowest BCUT2D eigenvalue weighted by Crippen LogP contribution is -2.59. The lowest BCUT2D eigenvalue weighted by atomic mass is 9.56. The van der Waals surface area contributed by atoms with Crippen LogP contribution in [-0.2, 0) is 16.6 Å². The topological polar surface area (TPSA) is 60.8 Å². The van der Waals surface area contributed by atoms with E-state index in [0.29, 0.717) is 23.6 Å². The van der Waals surface area contributed by atoms with Crippen LogP contribution in [0.2, 0.25) is 0 Å². The monoisotopic (exact) mass is 441 g/mol. The predicted molar refractivity (Wildman–Crippen MR) is 129 cm³/mol. The van der Waals surface area contributed by atoms with E-state index in [1.165, 1.54) is 43.5 Å². The number of phenols is 1. The zero-order valence-electron chi connectivity index (χ0n) is 20.4. The fourth-order valence-electron chi connectivity index (χ4n) is 6.80. The minimum absolute atomic E-state index is 0.154. The van der Waals surface area contributed by atoms with Gasteiger partial charge in [-0.25, -0.2) is 0 Å². The fourth-order valence-corrected chi connectivity index (χ4v) is 6.80. The molecule has 2 fully saturated rings. The van der Waals surface area contributed by atoms with Crippen molar-refractivity contribution in [1.82, 2.24) is 4.90 Å². The molecular formula is C28H43NO3. The first kappa shape index (κ1) is 23.6. The fraction of sp³-hybridized carbons (Fsp3) is 0.750. The quantitative estimate of drug-likeness (QED) is 0.413. The summed E-state index contributed by atoms with van der Waals surface area (Å²) in [6, 6.07) is 6.71. The third-order valence-corrected chi connectivity index (χ3v) is 8.79. The predicted octanol–water partition coefficient (Wildman–Crippen LogP) is 6.00. The van der Waals surface area contributed by atoms with Crippen LogP contribution in [0.1, 0.15) is 89.7 Å². The summed E-state index contributed by atoms with van der Waals surface area (Å²) in [5, 5.41) is 19.8. The molecule has 32 heavy (non-hydrogen) atoms. The summed E-state index contributed by atoms with van der Waals surface area (Å²) in [5.74, 6) is 1.51. The van der Waals surface area contributed by atoms with Crippen LogP contribution in [0.4, 0.5) is 0 Å². The van der Waals surface area contributed by atoms with Crippen molar-refractivity contribution in [2.24, 2.45) is 23.7 Å². The Hall–Kier alpha value is -1.55. The van der Waals surface area contributed by atoms with Crippen LogP contribution >= 0.6 is 0 Å². The molecule has 0 aromatic heterocycles. The first-order valence-corrected chi connectivity index (χ1v) is 13.1. The van der Waals surface area contributed by atoms with Crippen molar-refractivity contribution in [2.45, 2.75) is 96.4 Å². The highest BCUT2D eigenvalue weighted by Crippen LogP contribution is 2.53. The van der Waals surface area contributed by atoms with Gasteiger partial charge in [0.05, 0.1) is 5.92 Å². The van der Waals surface area contributed by atoms with Gasteiger partial charge in [-0.15, -0.1) is 0 Å². The molecule has 1 saturated heterocycles. The van der Waals surface area contributed by atoms with Gasteiger partial charge in [-0.2, -0.15) is 0 Å².